The number of nitriles is 1. The van der Waals surface area contributed by atoms with Gasteiger partial charge in [0.05, 0.1) is 43.8 Å². The van der Waals surface area contributed by atoms with E-state index < -0.39 is 0 Å². The molecule has 0 aliphatic carbocycles. The monoisotopic (exact) mass is 398 g/mol. The molecule has 0 spiro atoms. The molecule has 10 heteroatoms. The van der Waals surface area contributed by atoms with Crippen LogP contribution in [0, 0.1) is 11.3 Å². The first-order chi connectivity index (χ1) is 13.7. The molecule has 0 saturated heterocycles. The fraction of sp³-hybridized carbons (Fsp3) is 0.278. The van der Waals surface area contributed by atoms with Crippen molar-refractivity contribution in [1.82, 2.24) is 25.1 Å². The highest BCUT2D eigenvalue weighted by molar-refractivity contribution is 7.99. The van der Waals surface area contributed by atoms with Crippen LogP contribution in [0.4, 0.5) is 0 Å². The first-order valence-electron chi connectivity index (χ1n) is 8.44. The smallest absolute Gasteiger partial charge is 0.233 e. The maximum atomic E-state index is 12.7. The lowest BCUT2D eigenvalue weighted by molar-refractivity contribution is -0.129. The molecule has 0 bridgehead atoms. The largest absolute Gasteiger partial charge is 0.497 e. The predicted octanol–water partition coefficient (Wildman–Crippen LogP) is 2.30. The molecular weight excluding hydrogens is 380 g/mol. The molecule has 28 heavy (non-hydrogen) atoms. The van der Waals surface area contributed by atoms with Crippen molar-refractivity contribution in [3.05, 3.63) is 48.4 Å². The van der Waals surface area contributed by atoms with E-state index in [2.05, 4.69) is 21.6 Å². The number of carbonyl (C=O) groups is 1. The number of hydrogen-bond acceptors (Lipinski definition) is 8. The molecule has 0 saturated carbocycles. The number of tetrazole rings is 1. The summed E-state index contributed by atoms with van der Waals surface area (Å²) in [4.78, 5) is 14.3. The molecule has 0 atom stereocenters. The summed E-state index contributed by atoms with van der Waals surface area (Å²) >= 11 is 1.23. The lowest BCUT2D eigenvalue weighted by Crippen LogP contribution is -2.32. The molecule has 9 nitrogen and oxygen atoms in total. The number of carbonyl (C=O) groups excluding carboxylic acids is 1. The van der Waals surface area contributed by atoms with Gasteiger partial charge in [-0.05, 0) is 46.8 Å². The number of thioether (sulfide) groups is 1. The number of furan rings is 1. The van der Waals surface area contributed by atoms with Gasteiger partial charge in [-0.25, -0.2) is 0 Å². The Morgan fingerprint density at radius 3 is 2.86 bits per heavy atom. The lowest BCUT2D eigenvalue weighted by atomic mass is 10.3. The summed E-state index contributed by atoms with van der Waals surface area (Å²) < 4.78 is 12.0. The molecule has 2 aromatic heterocycles. The number of methoxy groups -OCH3 is 1. The van der Waals surface area contributed by atoms with E-state index in [-0.39, 0.29) is 18.1 Å². The van der Waals surface area contributed by atoms with Crippen LogP contribution in [0.2, 0.25) is 0 Å². The van der Waals surface area contributed by atoms with Crippen molar-refractivity contribution < 1.29 is 13.9 Å². The molecule has 1 aromatic carbocycles. The van der Waals surface area contributed by atoms with Gasteiger partial charge in [0.15, 0.2) is 0 Å². The van der Waals surface area contributed by atoms with E-state index in [9.17, 15) is 4.79 Å². The maximum absolute atomic E-state index is 12.7. The molecular formula is C18H18N6O3S. The summed E-state index contributed by atoms with van der Waals surface area (Å²) in [5, 5.41) is 21.0. The van der Waals surface area contributed by atoms with Crippen molar-refractivity contribution in [2.75, 3.05) is 19.4 Å². The summed E-state index contributed by atoms with van der Waals surface area (Å²) in [7, 11) is 1.60. The summed E-state index contributed by atoms with van der Waals surface area (Å²) in [6.45, 7) is 0.650. The van der Waals surface area contributed by atoms with Gasteiger partial charge in [-0.3, -0.25) is 4.79 Å². The first-order valence-corrected chi connectivity index (χ1v) is 9.42. The van der Waals surface area contributed by atoms with Gasteiger partial charge in [-0.15, -0.1) is 5.10 Å². The number of hydrogen-bond donors (Lipinski definition) is 0. The Hall–Kier alpha value is -3.32. The summed E-state index contributed by atoms with van der Waals surface area (Å²) in [5.41, 5.74) is 0.762. The molecule has 3 rings (SSSR count). The van der Waals surface area contributed by atoms with Crippen molar-refractivity contribution in [3.8, 4) is 17.5 Å². The van der Waals surface area contributed by atoms with Crippen LogP contribution in [0.5, 0.6) is 5.75 Å². The van der Waals surface area contributed by atoms with Gasteiger partial charge in [-0.2, -0.15) is 9.94 Å². The van der Waals surface area contributed by atoms with E-state index in [4.69, 9.17) is 14.4 Å². The van der Waals surface area contributed by atoms with Crippen LogP contribution in [-0.4, -0.2) is 50.4 Å². The van der Waals surface area contributed by atoms with E-state index in [0.29, 0.717) is 24.0 Å². The molecule has 0 aliphatic heterocycles. The minimum Gasteiger partial charge on any atom is -0.497 e. The molecule has 3 aromatic rings. The van der Waals surface area contributed by atoms with Gasteiger partial charge < -0.3 is 14.1 Å². The summed E-state index contributed by atoms with van der Waals surface area (Å²) in [5.74, 6) is 1.41. The van der Waals surface area contributed by atoms with Crippen molar-refractivity contribution in [3.63, 3.8) is 0 Å². The minimum absolute atomic E-state index is 0.124. The highest BCUT2D eigenvalue weighted by Crippen LogP contribution is 2.21. The van der Waals surface area contributed by atoms with Crippen LogP contribution in [0.1, 0.15) is 12.2 Å². The second kappa shape index (κ2) is 9.57. The quantitative estimate of drug-likeness (QED) is 0.505. The lowest BCUT2D eigenvalue weighted by Gasteiger charge is -2.20. The molecule has 0 radical (unpaired) electrons. The molecule has 144 valence electrons. The van der Waals surface area contributed by atoms with Gasteiger partial charge >= 0.3 is 0 Å². The summed E-state index contributed by atoms with van der Waals surface area (Å²) in [6.07, 6.45) is 1.81. The Balaban J connectivity index is 1.66. The highest BCUT2D eigenvalue weighted by atomic mass is 32.2. The Bertz CT molecular complexity index is 933. The number of rotatable bonds is 9. The first kappa shape index (κ1) is 19.4. The van der Waals surface area contributed by atoms with Crippen molar-refractivity contribution in [1.29, 1.82) is 5.26 Å². The van der Waals surface area contributed by atoms with Crippen LogP contribution < -0.4 is 4.74 Å². The SMILES string of the molecule is COc1ccc(-n2nnnc2SCC(=O)N(CCC#N)Cc2ccco2)cc1. The average Bonchev–Trinajstić information content (AvgIpc) is 3.41. The van der Waals surface area contributed by atoms with Crippen molar-refractivity contribution in [2.24, 2.45) is 0 Å². The zero-order valence-electron chi connectivity index (χ0n) is 15.2. The highest BCUT2D eigenvalue weighted by Gasteiger charge is 2.18. The number of aromatic nitrogens is 4. The normalized spacial score (nSPS) is 10.4. The van der Waals surface area contributed by atoms with Gasteiger partial charge in [-0.1, -0.05) is 11.8 Å². The van der Waals surface area contributed by atoms with Crippen LogP contribution in [0.3, 0.4) is 0 Å². The Morgan fingerprint density at radius 2 is 2.18 bits per heavy atom. The van der Waals surface area contributed by atoms with E-state index in [0.717, 1.165) is 11.4 Å². The van der Waals surface area contributed by atoms with Crippen LogP contribution in [-0.2, 0) is 11.3 Å². The zero-order valence-corrected chi connectivity index (χ0v) is 16.0. The minimum atomic E-state index is -0.124. The van der Waals surface area contributed by atoms with E-state index >= 15 is 0 Å². The Labute approximate surface area is 165 Å². The molecule has 0 aliphatic rings. The zero-order chi connectivity index (χ0) is 19.8. The number of ether oxygens (including phenoxy) is 1. The van der Waals surface area contributed by atoms with Gasteiger partial charge in [0.25, 0.3) is 0 Å². The fourth-order valence-corrected chi connectivity index (χ4v) is 3.23. The molecule has 1 amide bonds. The topological polar surface area (TPSA) is 110 Å². The molecule has 0 N–H and O–H groups in total. The number of amides is 1. The van der Waals surface area contributed by atoms with Gasteiger partial charge in [0, 0.05) is 6.54 Å². The second-order valence-electron chi connectivity index (χ2n) is 5.66. The van der Waals surface area contributed by atoms with Gasteiger partial charge in [0.1, 0.15) is 11.5 Å². The molecule has 0 unspecified atom stereocenters. The third-order valence-corrected chi connectivity index (χ3v) is 4.76. The average molecular weight is 398 g/mol. The molecule has 0 fully saturated rings. The Morgan fingerprint density at radius 1 is 1.36 bits per heavy atom. The van der Waals surface area contributed by atoms with Crippen molar-refractivity contribution >= 4 is 17.7 Å². The van der Waals surface area contributed by atoms with E-state index in [1.807, 2.05) is 24.3 Å². The Kier molecular flexibility index (Phi) is 6.64. The number of nitrogens with zero attached hydrogens (tertiary/aromatic N) is 6. The van der Waals surface area contributed by atoms with E-state index in [1.165, 1.54) is 11.8 Å². The van der Waals surface area contributed by atoms with Crippen molar-refractivity contribution in [2.45, 2.75) is 18.1 Å². The van der Waals surface area contributed by atoms with Gasteiger partial charge in [0.2, 0.25) is 11.1 Å². The standard InChI is InChI=1S/C18H18N6O3S/c1-26-15-7-5-14(6-8-15)24-18(20-21-22-24)28-13-17(25)23(10-3-9-19)12-16-4-2-11-27-16/h2,4-8,11H,3,10,12-13H2,1H3. The summed E-state index contributed by atoms with van der Waals surface area (Å²) in [6, 6.07) is 12.9. The predicted molar refractivity (Wildman–Crippen MR) is 101 cm³/mol. The second-order valence-corrected chi connectivity index (χ2v) is 6.61. The molecule has 2 heterocycles. The third kappa shape index (κ3) is 4.89. The maximum Gasteiger partial charge on any atom is 0.233 e. The van der Waals surface area contributed by atoms with Crippen LogP contribution in [0.25, 0.3) is 5.69 Å². The third-order valence-electron chi connectivity index (χ3n) is 3.86. The van der Waals surface area contributed by atoms with E-state index in [1.54, 1.807) is 35.1 Å². The number of benzene rings is 1. The van der Waals surface area contributed by atoms with Crippen LogP contribution >= 0.6 is 11.8 Å². The fourth-order valence-electron chi connectivity index (χ4n) is 2.44. The van der Waals surface area contributed by atoms with Crippen LogP contribution in [0.15, 0.2) is 52.2 Å².